The Morgan fingerprint density at radius 1 is 1.44 bits per heavy atom. The van der Waals surface area contributed by atoms with E-state index in [0.717, 1.165) is 17.8 Å². The maximum Gasteiger partial charge on any atom is 0.409 e. The molecule has 0 atom stereocenters. The van der Waals surface area contributed by atoms with E-state index in [1.165, 1.54) is 7.11 Å². The van der Waals surface area contributed by atoms with Crippen LogP contribution in [0.5, 0.6) is 0 Å². The van der Waals surface area contributed by atoms with Crippen LogP contribution in [0.3, 0.4) is 0 Å². The predicted octanol–water partition coefficient (Wildman–Crippen LogP) is 1.33. The highest BCUT2D eigenvalue weighted by molar-refractivity contribution is 5.70. The largest absolute Gasteiger partial charge is 0.453 e. The van der Waals surface area contributed by atoms with Crippen molar-refractivity contribution in [1.82, 2.24) is 14.9 Å². The molecule has 0 saturated heterocycles. The van der Waals surface area contributed by atoms with Gasteiger partial charge in [0.2, 0.25) is 0 Å². The van der Waals surface area contributed by atoms with Crippen molar-refractivity contribution in [2.75, 3.05) is 20.2 Å². The van der Waals surface area contributed by atoms with Gasteiger partial charge in [0.1, 0.15) is 0 Å². The second-order valence-electron chi connectivity index (χ2n) is 3.47. The molecule has 1 aliphatic heterocycles. The normalized spacial score (nSPS) is 15.6. The quantitative estimate of drug-likeness (QED) is 0.715. The summed E-state index contributed by atoms with van der Waals surface area (Å²) in [6.07, 6.45) is 5.88. The smallest absolute Gasteiger partial charge is 0.409 e. The van der Waals surface area contributed by atoms with Crippen LogP contribution in [-0.2, 0) is 4.74 Å². The van der Waals surface area contributed by atoms with Crippen LogP contribution < -0.4 is 0 Å². The van der Waals surface area contributed by atoms with Crippen LogP contribution in [-0.4, -0.2) is 41.2 Å². The Morgan fingerprint density at radius 3 is 2.75 bits per heavy atom. The summed E-state index contributed by atoms with van der Waals surface area (Å²) >= 11 is 0. The zero-order valence-electron chi connectivity index (χ0n) is 9.09. The van der Waals surface area contributed by atoms with Crippen molar-refractivity contribution in [3.05, 3.63) is 30.4 Å². The van der Waals surface area contributed by atoms with E-state index in [9.17, 15) is 4.79 Å². The second-order valence-corrected chi connectivity index (χ2v) is 3.47. The number of methoxy groups -OCH3 is 1. The summed E-state index contributed by atoms with van der Waals surface area (Å²) in [5, 5.41) is 0. The number of carbonyl (C=O) groups excluding carboxylic acids is 1. The van der Waals surface area contributed by atoms with E-state index in [1.807, 2.05) is 6.08 Å². The van der Waals surface area contributed by atoms with Crippen molar-refractivity contribution in [1.29, 1.82) is 0 Å². The Labute approximate surface area is 93.8 Å². The molecular weight excluding hydrogens is 206 g/mol. The molecule has 2 heterocycles. The number of amides is 1. The van der Waals surface area contributed by atoms with Crippen LogP contribution in [0.25, 0.3) is 5.57 Å². The minimum Gasteiger partial charge on any atom is -0.453 e. The van der Waals surface area contributed by atoms with Crippen molar-refractivity contribution >= 4 is 11.7 Å². The lowest BCUT2D eigenvalue weighted by Crippen LogP contribution is -2.34. The number of ether oxygens (including phenoxy) is 1. The van der Waals surface area contributed by atoms with E-state index in [-0.39, 0.29) is 6.09 Å². The highest BCUT2D eigenvalue weighted by Crippen LogP contribution is 2.18. The van der Waals surface area contributed by atoms with Crippen LogP contribution in [0.2, 0.25) is 0 Å². The predicted molar refractivity (Wildman–Crippen MR) is 58.6 cm³/mol. The third-order valence-corrected chi connectivity index (χ3v) is 2.49. The molecule has 0 N–H and O–H groups in total. The van der Waals surface area contributed by atoms with Gasteiger partial charge in [0.05, 0.1) is 7.11 Å². The lowest BCUT2D eigenvalue weighted by molar-refractivity contribution is 0.128. The Balaban J connectivity index is 2.07. The van der Waals surface area contributed by atoms with E-state index >= 15 is 0 Å². The molecule has 84 valence electrons. The standard InChI is InChI=1S/C11H13N3O2/c1-16-11(15)14-7-3-9(4-8-14)10-12-5-2-6-13-10/h2-3,5-6H,4,7-8H2,1H3. The van der Waals surface area contributed by atoms with Gasteiger partial charge in [0.15, 0.2) is 5.82 Å². The highest BCUT2D eigenvalue weighted by Gasteiger charge is 2.18. The van der Waals surface area contributed by atoms with Gasteiger partial charge in [0.25, 0.3) is 0 Å². The van der Waals surface area contributed by atoms with Gasteiger partial charge in [-0.1, -0.05) is 6.08 Å². The molecule has 0 saturated carbocycles. The SMILES string of the molecule is COC(=O)N1CC=C(c2ncccn2)CC1. The fourth-order valence-electron chi connectivity index (χ4n) is 1.63. The minimum atomic E-state index is -0.288. The summed E-state index contributed by atoms with van der Waals surface area (Å²) in [5.41, 5.74) is 1.08. The molecule has 0 aromatic carbocycles. The summed E-state index contributed by atoms with van der Waals surface area (Å²) in [6.45, 7) is 1.21. The van der Waals surface area contributed by atoms with Gasteiger partial charge in [-0.15, -0.1) is 0 Å². The van der Waals surface area contributed by atoms with E-state index < -0.39 is 0 Å². The molecule has 16 heavy (non-hydrogen) atoms. The Hall–Kier alpha value is -1.91. The zero-order valence-corrected chi connectivity index (χ0v) is 9.09. The molecule has 0 unspecified atom stereocenters. The maximum absolute atomic E-state index is 11.3. The van der Waals surface area contributed by atoms with Crippen LogP contribution in [0, 0.1) is 0 Å². The third-order valence-electron chi connectivity index (χ3n) is 2.49. The number of nitrogens with zero attached hydrogens (tertiary/aromatic N) is 3. The first-order valence-electron chi connectivity index (χ1n) is 5.10. The van der Waals surface area contributed by atoms with E-state index in [4.69, 9.17) is 0 Å². The molecule has 0 radical (unpaired) electrons. The van der Waals surface area contributed by atoms with Crippen molar-refractivity contribution in [3.63, 3.8) is 0 Å². The van der Waals surface area contributed by atoms with E-state index in [0.29, 0.717) is 13.1 Å². The first-order chi connectivity index (χ1) is 7.81. The minimum absolute atomic E-state index is 0.288. The Kier molecular flexibility index (Phi) is 3.14. The lowest BCUT2D eigenvalue weighted by Gasteiger charge is -2.24. The number of rotatable bonds is 1. The topological polar surface area (TPSA) is 55.3 Å². The molecule has 0 bridgehead atoms. The molecule has 5 heteroatoms. The first-order valence-corrected chi connectivity index (χ1v) is 5.10. The van der Waals surface area contributed by atoms with Gasteiger partial charge >= 0.3 is 6.09 Å². The summed E-state index contributed by atoms with van der Waals surface area (Å²) in [6, 6.07) is 1.79. The van der Waals surface area contributed by atoms with Crippen molar-refractivity contribution in [2.45, 2.75) is 6.42 Å². The van der Waals surface area contributed by atoms with E-state index in [1.54, 1.807) is 23.4 Å². The molecule has 0 fully saturated rings. The van der Waals surface area contributed by atoms with Crippen LogP contribution >= 0.6 is 0 Å². The highest BCUT2D eigenvalue weighted by atomic mass is 16.5. The molecule has 1 amide bonds. The summed E-state index contributed by atoms with van der Waals surface area (Å²) < 4.78 is 4.66. The number of aromatic nitrogens is 2. The van der Waals surface area contributed by atoms with Crippen molar-refractivity contribution in [2.24, 2.45) is 0 Å². The zero-order chi connectivity index (χ0) is 11.4. The van der Waals surface area contributed by atoms with Gasteiger partial charge < -0.3 is 9.64 Å². The number of carbonyl (C=O) groups is 1. The average Bonchev–Trinajstić information content (AvgIpc) is 2.39. The average molecular weight is 219 g/mol. The molecule has 0 aliphatic carbocycles. The van der Waals surface area contributed by atoms with Crippen LogP contribution in [0.4, 0.5) is 4.79 Å². The molecular formula is C11H13N3O2. The fourth-order valence-corrected chi connectivity index (χ4v) is 1.63. The first kappa shape index (κ1) is 10.6. The molecule has 5 nitrogen and oxygen atoms in total. The van der Waals surface area contributed by atoms with Gasteiger partial charge in [-0.3, -0.25) is 0 Å². The Bertz CT molecular complexity index is 403. The van der Waals surface area contributed by atoms with Crippen LogP contribution in [0.1, 0.15) is 12.2 Å². The summed E-state index contributed by atoms with van der Waals surface area (Å²) in [7, 11) is 1.39. The third kappa shape index (κ3) is 2.18. The van der Waals surface area contributed by atoms with Gasteiger partial charge in [-0.2, -0.15) is 0 Å². The van der Waals surface area contributed by atoms with Gasteiger partial charge in [-0.25, -0.2) is 14.8 Å². The van der Waals surface area contributed by atoms with Crippen molar-refractivity contribution < 1.29 is 9.53 Å². The second kappa shape index (κ2) is 4.74. The summed E-state index contributed by atoms with van der Waals surface area (Å²) in [5.74, 6) is 0.743. The maximum atomic E-state index is 11.3. The number of hydrogen-bond acceptors (Lipinski definition) is 4. The van der Waals surface area contributed by atoms with Gasteiger partial charge in [-0.05, 0) is 18.1 Å². The van der Waals surface area contributed by atoms with Crippen LogP contribution in [0.15, 0.2) is 24.5 Å². The van der Waals surface area contributed by atoms with Crippen molar-refractivity contribution in [3.8, 4) is 0 Å². The van der Waals surface area contributed by atoms with Gasteiger partial charge in [0, 0.05) is 25.5 Å². The fraction of sp³-hybridized carbons (Fsp3) is 0.364. The summed E-state index contributed by atoms with van der Waals surface area (Å²) in [4.78, 5) is 21.3. The molecule has 1 aromatic heterocycles. The monoisotopic (exact) mass is 219 g/mol. The molecule has 1 aromatic rings. The lowest BCUT2D eigenvalue weighted by atomic mass is 10.1. The number of hydrogen-bond donors (Lipinski definition) is 0. The molecule has 2 rings (SSSR count). The molecule has 0 spiro atoms. The molecule has 1 aliphatic rings. The van der Waals surface area contributed by atoms with E-state index in [2.05, 4.69) is 14.7 Å². The Morgan fingerprint density at radius 2 is 2.19 bits per heavy atom.